The van der Waals surface area contributed by atoms with Crippen molar-refractivity contribution in [2.75, 3.05) is 12.8 Å². The highest BCUT2D eigenvalue weighted by molar-refractivity contribution is 5.80. The number of carbonyl (C=O) groups is 1. The van der Waals surface area contributed by atoms with Crippen LogP contribution in [-0.4, -0.2) is 18.2 Å². The maximum atomic E-state index is 11.5. The molecule has 4 heteroatoms. The second-order valence-corrected chi connectivity index (χ2v) is 4.21. The number of ether oxygens (including phenoxy) is 1. The molecule has 0 fully saturated rings. The number of nitrogens with two attached hydrogens (primary N) is 1. The molecule has 1 atom stereocenters. The van der Waals surface area contributed by atoms with E-state index < -0.39 is 11.9 Å². The normalized spacial score (nSPS) is 11.8. The first-order valence-corrected chi connectivity index (χ1v) is 5.84. The summed E-state index contributed by atoms with van der Waals surface area (Å²) in [6, 6.07) is 13.9. The smallest absolute Gasteiger partial charge is 0.315 e. The number of hydrogen-bond acceptors (Lipinski definition) is 3. The van der Waals surface area contributed by atoms with Crippen molar-refractivity contribution in [3.05, 3.63) is 59.7 Å². The van der Waals surface area contributed by atoms with Gasteiger partial charge < -0.3 is 15.6 Å². The molecule has 0 unspecified atom stereocenters. The first-order chi connectivity index (χ1) is 9.11. The Hall–Kier alpha value is -2.49. The van der Waals surface area contributed by atoms with Crippen LogP contribution in [0, 0.1) is 0 Å². The third-order valence-electron chi connectivity index (χ3n) is 2.97. The molecule has 0 saturated carbocycles. The van der Waals surface area contributed by atoms with Gasteiger partial charge in [0.05, 0.1) is 7.11 Å². The van der Waals surface area contributed by atoms with Crippen LogP contribution in [0.4, 0.5) is 5.69 Å². The first-order valence-electron chi connectivity index (χ1n) is 5.84. The Kier molecular flexibility index (Phi) is 3.71. The Morgan fingerprint density at radius 3 is 1.95 bits per heavy atom. The number of carboxylic acids is 1. The molecule has 0 saturated heterocycles. The molecule has 0 aromatic heterocycles. The highest BCUT2D eigenvalue weighted by Gasteiger charge is 2.21. The molecular formula is C15H15NO3. The summed E-state index contributed by atoms with van der Waals surface area (Å²) in [5, 5.41) is 9.41. The van der Waals surface area contributed by atoms with Gasteiger partial charge in [0.15, 0.2) is 0 Å². The standard InChI is InChI=1S/C15H15NO3/c1-19-13-8-4-11(5-9-13)14(15(17)18)10-2-6-12(16)7-3-10/h2-9,14H,16H2,1H3,(H,17,18)/t14-/m0/s1. The largest absolute Gasteiger partial charge is 0.497 e. The number of anilines is 1. The molecular weight excluding hydrogens is 242 g/mol. The summed E-state index contributed by atoms with van der Waals surface area (Å²) in [6.45, 7) is 0. The SMILES string of the molecule is COc1ccc([C@@H](C(=O)O)c2ccc(N)cc2)cc1. The average Bonchev–Trinajstić information content (AvgIpc) is 2.42. The van der Waals surface area contributed by atoms with Crippen LogP contribution in [-0.2, 0) is 4.79 Å². The fraction of sp³-hybridized carbons (Fsp3) is 0.133. The third kappa shape index (κ3) is 2.85. The third-order valence-corrected chi connectivity index (χ3v) is 2.97. The fourth-order valence-electron chi connectivity index (χ4n) is 1.96. The molecule has 2 aromatic rings. The quantitative estimate of drug-likeness (QED) is 0.825. The number of carboxylic acid groups (broad SMARTS) is 1. The molecule has 0 aliphatic carbocycles. The van der Waals surface area contributed by atoms with Gasteiger partial charge in [-0.25, -0.2) is 0 Å². The van der Waals surface area contributed by atoms with Crippen molar-refractivity contribution in [2.24, 2.45) is 0 Å². The minimum absolute atomic E-state index is 0.614. The number of hydrogen-bond donors (Lipinski definition) is 2. The molecule has 0 aliphatic rings. The van der Waals surface area contributed by atoms with Crippen LogP contribution in [0.5, 0.6) is 5.75 Å². The Morgan fingerprint density at radius 1 is 1.05 bits per heavy atom. The van der Waals surface area contributed by atoms with Crippen LogP contribution < -0.4 is 10.5 Å². The van der Waals surface area contributed by atoms with Crippen LogP contribution in [0.15, 0.2) is 48.5 Å². The number of aliphatic carboxylic acids is 1. The summed E-state index contributed by atoms with van der Waals surface area (Å²) in [6.07, 6.45) is 0. The second-order valence-electron chi connectivity index (χ2n) is 4.21. The van der Waals surface area contributed by atoms with Gasteiger partial charge in [-0.15, -0.1) is 0 Å². The number of rotatable bonds is 4. The molecule has 0 bridgehead atoms. The van der Waals surface area contributed by atoms with Crippen molar-refractivity contribution < 1.29 is 14.6 Å². The summed E-state index contributed by atoms with van der Waals surface area (Å²) in [5.74, 6) is -0.897. The molecule has 0 radical (unpaired) electrons. The van der Waals surface area contributed by atoms with Gasteiger partial charge in [0.1, 0.15) is 11.7 Å². The van der Waals surface area contributed by atoms with E-state index in [1.807, 2.05) is 0 Å². The lowest BCUT2D eigenvalue weighted by Gasteiger charge is -2.14. The van der Waals surface area contributed by atoms with Crippen LogP contribution >= 0.6 is 0 Å². The minimum atomic E-state index is -0.894. The summed E-state index contributed by atoms with van der Waals surface area (Å²) in [7, 11) is 1.57. The Labute approximate surface area is 111 Å². The lowest BCUT2D eigenvalue weighted by atomic mass is 9.91. The fourth-order valence-corrected chi connectivity index (χ4v) is 1.96. The highest BCUT2D eigenvalue weighted by atomic mass is 16.5. The molecule has 3 N–H and O–H groups in total. The molecule has 2 rings (SSSR count). The van der Waals surface area contributed by atoms with Gasteiger partial charge in [-0.2, -0.15) is 0 Å². The van der Waals surface area contributed by atoms with E-state index >= 15 is 0 Å². The summed E-state index contributed by atoms with van der Waals surface area (Å²) in [5.41, 5.74) is 7.64. The van der Waals surface area contributed by atoms with Crippen molar-refractivity contribution in [2.45, 2.75) is 5.92 Å². The van der Waals surface area contributed by atoms with Crippen LogP contribution in [0.1, 0.15) is 17.0 Å². The molecule has 0 aliphatic heterocycles. The monoisotopic (exact) mass is 257 g/mol. The number of nitrogen functional groups attached to an aromatic ring is 1. The van der Waals surface area contributed by atoms with Gasteiger partial charge in [0, 0.05) is 5.69 Å². The molecule has 19 heavy (non-hydrogen) atoms. The van der Waals surface area contributed by atoms with Crippen molar-refractivity contribution in [1.82, 2.24) is 0 Å². The van der Waals surface area contributed by atoms with E-state index in [1.54, 1.807) is 55.6 Å². The maximum absolute atomic E-state index is 11.5. The Bertz CT molecular complexity index is 561. The van der Waals surface area contributed by atoms with E-state index in [0.29, 0.717) is 22.6 Å². The lowest BCUT2D eigenvalue weighted by Crippen LogP contribution is -2.13. The zero-order valence-corrected chi connectivity index (χ0v) is 10.5. The summed E-state index contributed by atoms with van der Waals surface area (Å²) < 4.78 is 5.07. The van der Waals surface area contributed by atoms with E-state index in [9.17, 15) is 9.90 Å². The molecule has 2 aromatic carbocycles. The highest BCUT2D eigenvalue weighted by Crippen LogP contribution is 2.27. The van der Waals surface area contributed by atoms with Crippen LogP contribution in [0.25, 0.3) is 0 Å². The first kappa shape index (κ1) is 13.0. The van der Waals surface area contributed by atoms with E-state index in [2.05, 4.69) is 0 Å². The molecule has 98 valence electrons. The van der Waals surface area contributed by atoms with Gasteiger partial charge in [-0.1, -0.05) is 24.3 Å². The van der Waals surface area contributed by atoms with Gasteiger partial charge >= 0.3 is 5.97 Å². The Balaban J connectivity index is 2.39. The predicted octanol–water partition coefficient (Wildman–Crippen LogP) is 2.49. The second kappa shape index (κ2) is 5.44. The molecule has 0 heterocycles. The number of methoxy groups -OCH3 is 1. The topological polar surface area (TPSA) is 72.5 Å². The predicted molar refractivity (Wildman–Crippen MR) is 73.3 cm³/mol. The minimum Gasteiger partial charge on any atom is -0.497 e. The van der Waals surface area contributed by atoms with E-state index in [-0.39, 0.29) is 0 Å². The van der Waals surface area contributed by atoms with Crippen molar-refractivity contribution in [3.63, 3.8) is 0 Å². The maximum Gasteiger partial charge on any atom is 0.315 e. The van der Waals surface area contributed by atoms with E-state index in [4.69, 9.17) is 10.5 Å². The molecule has 0 amide bonds. The zero-order valence-electron chi connectivity index (χ0n) is 10.5. The van der Waals surface area contributed by atoms with Gasteiger partial charge in [-0.3, -0.25) is 4.79 Å². The molecule has 0 spiro atoms. The van der Waals surface area contributed by atoms with E-state index in [0.717, 1.165) is 0 Å². The van der Waals surface area contributed by atoms with E-state index in [1.165, 1.54) is 0 Å². The van der Waals surface area contributed by atoms with Crippen molar-refractivity contribution in [1.29, 1.82) is 0 Å². The lowest BCUT2D eigenvalue weighted by molar-refractivity contribution is -0.137. The van der Waals surface area contributed by atoms with Gasteiger partial charge in [0.25, 0.3) is 0 Å². The Morgan fingerprint density at radius 2 is 1.53 bits per heavy atom. The molecule has 4 nitrogen and oxygen atoms in total. The van der Waals surface area contributed by atoms with Crippen molar-refractivity contribution >= 4 is 11.7 Å². The average molecular weight is 257 g/mol. The van der Waals surface area contributed by atoms with Crippen LogP contribution in [0.2, 0.25) is 0 Å². The van der Waals surface area contributed by atoms with Gasteiger partial charge in [0.2, 0.25) is 0 Å². The summed E-state index contributed by atoms with van der Waals surface area (Å²) in [4.78, 5) is 11.5. The van der Waals surface area contributed by atoms with Gasteiger partial charge in [-0.05, 0) is 35.4 Å². The van der Waals surface area contributed by atoms with Crippen LogP contribution in [0.3, 0.4) is 0 Å². The van der Waals surface area contributed by atoms with Crippen molar-refractivity contribution in [3.8, 4) is 5.75 Å². The number of benzene rings is 2. The zero-order chi connectivity index (χ0) is 13.8. The summed E-state index contributed by atoms with van der Waals surface area (Å²) >= 11 is 0.